The van der Waals surface area contributed by atoms with Gasteiger partial charge in [-0.2, -0.15) is 0 Å². The fraction of sp³-hybridized carbons (Fsp3) is 0.435. The third kappa shape index (κ3) is 4.46. The SMILES string of the molecule is CCN(C(=O)CSc1nnc(Cc2cccc3ccccc23)n1N)C1CCCCC1. The van der Waals surface area contributed by atoms with E-state index >= 15 is 0 Å². The van der Waals surface area contributed by atoms with E-state index in [0.29, 0.717) is 29.2 Å². The lowest BCUT2D eigenvalue weighted by molar-refractivity contribution is -0.131. The number of fused-ring (bicyclic) bond motifs is 1. The molecule has 6 nitrogen and oxygen atoms in total. The van der Waals surface area contributed by atoms with E-state index in [1.54, 1.807) is 0 Å². The second-order valence-corrected chi connectivity index (χ2v) is 8.79. The number of thioether (sulfide) groups is 1. The van der Waals surface area contributed by atoms with E-state index in [1.165, 1.54) is 46.5 Å². The number of rotatable bonds is 7. The number of nitrogens with two attached hydrogens (primary N) is 1. The van der Waals surface area contributed by atoms with Gasteiger partial charge in [-0.1, -0.05) is 73.5 Å². The minimum Gasteiger partial charge on any atom is -0.339 e. The second kappa shape index (κ2) is 9.51. The first-order chi connectivity index (χ1) is 14.7. The molecule has 4 rings (SSSR count). The maximum Gasteiger partial charge on any atom is 0.233 e. The maximum atomic E-state index is 12.8. The summed E-state index contributed by atoms with van der Waals surface area (Å²) in [4.78, 5) is 14.8. The fourth-order valence-corrected chi connectivity index (χ4v) is 5.14. The normalized spacial score (nSPS) is 14.8. The van der Waals surface area contributed by atoms with Crippen molar-refractivity contribution in [3.8, 4) is 0 Å². The molecule has 2 N–H and O–H groups in total. The van der Waals surface area contributed by atoms with Crippen LogP contribution in [0.1, 0.15) is 50.4 Å². The van der Waals surface area contributed by atoms with Crippen LogP contribution in [0.4, 0.5) is 0 Å². The first-order valence-corrected chi connectivity index (χ1v) is 11.7. The van der Waals surface area contributed by atoms with Crippen LogP contribution in [0, 0.1) is 0 Å². The Bertz CT molecular complexity index is 1010. The van der Waals surface area contributed by atoms with Gasteiger partial charge in [0.2, 0.25) is 11.1 Å². The maximum absolute atomic E-state index is 12.8. The molecule has 0 saturated heterocycles. The van der Waals surface area contributed by atoms with Crippen molar-refractivity contribution in [2.75, 3.05) is 18.1 Å². The van der Waals surface area contributed by atoms with E-state index in [9.17, 15) is 4.79 Å². The average molecular weight is 424 g/mol. The van der Waals surface area contributed by atoms with Gasteiger partial charge in [-0.25, -0.2) is 4.68 Å². The summed E-state index contributed by atoms with van der Waals surface area (Å²) in [6.45, 7) is 2.82. The third-order valence-electron chi connectivity index (χ3n) is 5.96. The summed E-state index contributed by atoms with van der Waals surface area (Å²) < 4.78 is 1.52. The van der Waals surface area contributed by atoms with Crippen LogP contribution in [0.25, 0.3) is 10.8 Å². The molecule has 0 unspecified atom stereocenters. The Morgan fingerprint density at radius 1 is 1.13 bits per heavy atom. The van der Waals surface area contributed by atoms with Gasteiger partial charge in [0.05, 0.1) is 5.75 Å². The van der Waals surface area contributed by atoms with Gasteiger partial charge < -0.3 is 10.7 Å². The summed E-state index contributed by atoms with van der Waals surface area (Å²) >= 11 is 1.37. The zero-order valence-electron chi connectivity index (χ0n) is 17.5. The molecule has 0 atom stereocenters. The number of aromatic nitrogens is 3. The molecule has 3 aromatic rings. The highest BCUT2D eigenvalue weighted by atomic mass is 32.2. The number of hydrogen-bond acceptors (Lipinski definition) is 5. The van der Waals surface area contributed by atoms with Crippen molar-refractivity contribution >= 4 is 28.4 Å². The molecule has 1 fully saturated rings. The zero-order valence-corrected chi connectivity index (χ0v) is 18.3. The van der Waals surface area contributed by atoms with E-state index < -0.39 is 0 Å². The standard InChI is InChI=1S/C23H29N5OS/c1-2-27(19-12-4-3-5-13-19)22(29)16-30-23-26-25-21(28(23)24)15-18-11-8-10-17-9-6-7-14-20(17)18/h6-11,14,19H,2-5,12-13,15-16,24H2,1H3. The molecule has 30 heavy (non-hydrogen) atoms. The Morgan fingerprint density at radius 2 is 1.90 bits per heavy atom. The van der Waals surface area contributed by atoms with Crippen LogP contribution in [-0.2, 0) is 11.2 Å². The molecular formula is C23H29N5OS. The molecule has 1 amide bonds. The second-order valence-electron chi connectivity index (χ2n) is 7.84. The van der Waals surface area contributed by atoms with Crippen molar-refractivity contribution in [2.24, 2.45) is 0 Å². The number of carbonyl (C=O) groups excluding carboxylic acids is 1. The predicted octanol–water partition coefficient (Wildman–Crippen LogP) is 4.01. The fourth-order valence-electron chi connectivity index (χ4n) is 4.38. The number of carbonyl (C=O) groups is 1. The molecule has 1 saturated carbocycles. The molecule has 2 aromatic carbocycles. The highest BCUT2D eigenvalue weighted by molar-refractivity contribution is 7.99. The van der Waals surface area contributed by atoms with E-state index in [1.807, 2.05) is 23.1 Å². The van der Waals surface area contributed by atoms with Crippen molar-refractivity contribution in [2.45, 2.75) is 56.6 Å². The van der Waals surface area contributed by atoms with Crippen molar-refractivity contribution in [3.05, 3.63) is 53.9 Å². The van der Waals surface area contributed by atoms with E-state index in [4.69, 9.17) is 5.84 Å². The number of amides is 1. The van der Waals surface area contributed by atoms with Gasteiger partial charge in [0.1, 0.15) is 0 Å². The third-order valence-corrected chi connectivity index (χ3v) is 6.89. The highest BCUT2D eigenvalue weighted by Gasteiger charge is 2.24. The number of nitrogens with zero attached hydrogens (tertiary/aromatic N) is 4. The van der Waals surface area contributed by atoms with Crippen molar-refractivity contribution in [1.82, 2.24) is 19.8 Å². The summed E-state index contributed by atoms with van der Waals surface area (Å²) in [6.07, 6.45) is 6.56. The molecule has 0 bridgehead atoms. The Hall–Kier alpha value is -2.54. The monoisotopic (exact) mass is 423 g/mol. The quantitative estimate of drug-likeness (QED) is 0.459. The highest BCUT2D eigenvalue weighted by Crippen LogP contribution is 2.25. The Morgan fingerprint density at radius 3 is 2.70 bits per heavy atom. The molecule has 7 heteroatoms. The predicted molar refractivity (Wildman–Crippen MR) is 122 cm³/mol. The molecule has 0 radical (unpaired) electrons. The van der Waals surface area contributed by atoms with Crippen LogP contribution < -0.4 is 5.84 Å². The molecule has 0 spiro atoms. The van der Waals surface area contributed by atoms with E-state index in [2.05, 4.69) is 41.4 Å². The number of nitrogen functional groups attached to an aromatic ring is 1. The summed E-state index contributed by atoms with van der Waals surface area (Å²) in [7, 11) is 0. The van der Waals surface area contributed by atoms with Crippen LogP contribution in [0.3, 0.4) is 0 Å². The summed E-state index contributed by atoms with van der Waals surface area (Å²) in [6, 6.07) is 14.9. The zero-order chi connectivity index (χ0) is 20.9. The van der Waals surface area contributed by atoms with E-state index in [-0.39, 0.29) is 5.91 Å². The van der Waals surface area contributed by atoms with Crippen molar-refractivity contribution < 1.29 is 4.79 Å². The molecule has 1 heterocycles. The van der Waals surface area contributed by atoms with Crippen LogP contribution in [-0.4, -0.2) is 44.0 Å². The van der Waals surface area contributed by atoms with Gasteiger partial charge in [-0.15, -0.1) is 10.2 Å². The van der Waals surface area contributed by atoms with Crippen LogP contribution >= 0.6 is 11.8 Å². The van der Waals surface area contributed by atoms with Gasteiger partial charge in [0.25, 0.3) is 0 Å². The lowest BCUT2D eigenvalue weighted by atomic mass is 9.94. The minimum atomic E-state index is 0.160. The smallest absolute Gasteiger partial charge is 0.233 e. The summed E-state index contributed by atoms with van der Waals surface area (Å²) in [5.41, 5.74) is 1.16. The largest absolute Gasteiger partial charge is 0.339 e. The number of hydrogen-bond donors (Lipinski definition) is 1. The Labute approximate surface area is 181 Å². The summed E-state index contributed by atoms with van der Waals surface area (Å²) in [5.74, 6) is 7.48. The molecule has 158 valence electrons. The molecule has 1 aromatic heterocycles. The number of benzene rings is 2. The first kappa shape index (κ1) is 20.7. The van der Waals surface area contributed by atoms with Crippen LogP contribution in [0.5, 0.6) is 0 Å². The molecule has 1 aliphatic carbocycles. The van der Waals surface area contributed by atoms with Crippen LogP contribution in [0.15, 0.2) is 47.6 Å². The minimum absolute atomic E-state index is 0.160. The molecule has 0 aliphatic heterocycles. The molecular weight excluding hydrogens is 394 g/mol. The van der Waals surface area contributed by atoms with Crippen molar-refractivity contribution in [1.29, 1.82) is 0 Å². The van der Waals surface area contributed by atoms with Gasteiger partial charge in [-0.05, 0) is 36.1 Å². The summed E-state index contributed by atoms with van der Waals surface area (Å²) in [5, 5.41) is 11.5. The Balaban J connectivity index is 1.42. The Kier molecular flexibility index (Phi) is 6.57. The van der Waals surface area contributed by atoms with Gasteiger partial charge in [0.15, 0.2) is 5.82 Å². The lowest BCUT2D eigenvalue weighted by Gasteiger charge is -2.33. The van der Waals surface area contributed by atoms with Gasteiger partial charge in [0, 0.05) is 19.0 Å². The average Bonchev–Trinajstić information content (AvgIpc) is 3.13. The van der Waals surface area contributed by atoms with Gasteiger partial charge in [-0.3, -0.25) is 4.79 Å². The molecule has 1 aliphatic rings. The topological polar surface area (TPSA) is 77.0 Å². The van der Waals surface area contributed by atoms with E-state index in [0.717, 1.165) is 24.9 Å². The lowest BCUT2D eigenvalue weighted by Crippen LogP contribution is -2.42. The van der Waals surface area contributed by atoms with Crippen molar-refractivity contribution in [3.63, 3.8) is 0 Å². The van der Waals surface area contributed by atoms with Crippen LogP contribution in [0.2, 0.25) is 0 Å². The van der Waals surface area contributed by atoms with Gasteiger partial charge >= 0.3 is 0 Å². The first-order valence-electron chi connectivity index (χ1n) is 10.8.